The van der Waals surface area contributed by atoms with E-state index in [-0.39, 0.29) is 6.61 Å². The van der Waals surface area contributed by atoms with Crippen LogP contribution in [0.4, 0.5) is 0 Å². The molecule has 0 spiro atoms. The molecule has 6 nitrogen and oxygen atoms in total. The first kappa shape index (κ1) is 19.0. The number of carbonyl (C=O) groups is 1. The molecule has 1 fully saturated rings. The summed E-state index contributed by atoms with van der Waals surface area (Å²) in [5, 5.41) is 28.3. The van der Waals surface area contributed by atoms with Crippen LogP contribution in [0, 0.1) is 0 Å². The molecule has 0 aromatic rings. The second-order valence-corrected chi connectivity index (χ2v) is 5.72. The number of aliphatic hydroxyl groups is 3. The van der Waals surface area contributed by atoms with Crippen LogP contribution in [-0.2, 0) is 14.3 Å². The number of hydrogen-bond donors (Lipinski definition) is 3. The molecular weight excluding hydrogens is 288 g/mol. The Balaban J connectivity index is 2.46. The Morgan fingerprint density at radius 2 is 1.91 bits per heavy atom. The van der Waals surface area contributed by atoms with E-state index in [2.05, 4.69) is 6.08 Å². The molecule has 1 aliphatic heterocycles. The van der Waals surface area contributed by atoms with Crippen LogP contribution in [0.5, 0.6) is 0 Å². The summed E-state index contributed by atoms with van der Waals surface area (Å²) in [6, 6.07) is 0. The van der Waals surface area contributed by atoms with Crippen molar-refractivity contribution in [3.63, 3.8) is 0 Å². The summed E-state index contributed by atoms with van der Waals surface area (Å²) < 4.78 is 10.5. The zero-order valence-corrected chi connectivity index (χ0v) is 13.4. The molecule has 1 unspecified atom stereocenters. The van der Waals surface area contributed by atoms with E-state index < -0.39 is 37.0 Å². The normalized spacial score (nSPS) is 29.5. The molecular formula is C16H26O6. The van der Waals surface area contributed by atoms with E-state index in [9.17, 15) is 15.0 Å². The topological polar surface area (TPSA) is 96.2 Å². The van der Waals surface area contributed by atoms with Crippen LogP contribution in [0.25, 0.3) is 0 Å². The fraction of sp³-hybridized carbons (Fsp3) is 0.688. The van der Waals surface area contributed by atoms with Crippen LogP contribution in [0.3, 0.4) is 0 Å². The Labute approximate surface area is 131 Å². The third-order valence-corrected chi connectivity index (χ3v) is 3.47. The Bertz CT molecular complexity index is 424. The first-order valence-electron chi connectivity index (χ1n) is 7.43. The van der Waals surface area contributed by atoms with Crippen LogP contribution < -0.4 is 0 Å². The maximum absolute atomic E-state index is 11.6. The van der Waals surface area contributed by atoms with Crippen molar-refractivity contribution in [1.29, 1.82) is 0 Å². The summed E-state index contributed by atoms with van der Waals surface area (Å²) in [5.41, 5.74) is 2.41. The number of hydrogen-bond acceptors (Lipinski definition) is 6. The average Bonchev–Trinajstić information content (AvgIpc) is 2.47. The minimum absolute atomic E-state index is 0.184. The molecule has 0 amide bonds. The molecule has 4 atom stereocenters. The highest BCUT2D eigenvalue weighted by molar-refractivity contribution is 5.88. The maximum Gasteiger partial charge on any atom is 0.197 e. The first-order valence-corrected chi connectivity index (χ1v) is 7.43. The van der Waals surface area contributed by atoms with Gasteiger partial charge in [-0.3, -0.25) is 4.79 Å². The smallest absolute Gasteiger partial charge is 0.197 e. The van der Waals surface area contributed by atoms with Crippen LogP contribution in [0.15, 0.2) is 23.3 Å². The second-order valence-electron chi connectivity index (χ2n) is 5.72. The largest absolute Gasteiger partial charge is 0.394 e. The number of ketones is 1. The van der Waals surface area contributed by atoms with Crippen LogP contribution >= 0.6 is 0 Å². The summed E-state index contributed by atoms with van der Waals surface area (Å²) in [6.07, 6.45) is 0.553. The minimum atomic E-state index is -1.54. The van der Waals surface area contributed by atoms with Gasteiger partial charge in [0.1, 0.15) is 12.2 Å². The Morgan fingerprint density at radius 3 is 2.50 bits per heavy atom. The predicted molar refractivity (Wildman–Crippen MR) is 81.1 cm³/mol. The number of ether oxygens (including phenoxy) is 2. The van der Waals surface area contributed by atoms with E-state index in [1.54, 1.807) is 0 Å². The number of allylic oxidation sites excluding steroid dienone is 3. The SMILES string of the molecule is CC(C)=CCC/C(C)=C/CO[C@@H]1O[C@H](CO)C(O)C(=O)[C@H]1O. The highest BCUT2D eigenvalue weighted by Crippen LogP contribution is 2.19. The van der Waals surface area contributed by atoms with Gasteiger partial charge in [0, 0.05) is 0 Å². The molecule has 1 saturated heterocycles. The van der Waals surface area contributed by atoms with Gasteiger partial charge in [-0.2, -0.15) is 0 Å². The van der Waals surface area contributed by atoms with Crippen molar-refractivity contribution in [3.8, 4) is 0 Å². The highest BCUT2D eigenvalue weighted by Gasteiger charge is 2.43. The molecule has 126 valence electrons. The summed E-state index contributed by atoms with van der Waals surface area (Å²) in [5.74, 6) is -0.792. The minimum Gasteiger partial charge on any atom is -0.394 e. The Kier molecular flexibility index (Phi) is 7.92. The lowest BCUT2D eigenvalue weighted by atomic mass is 10.0. The van der Waals surface area contributed by atoms with Gasteiger partial charge in [-0.1, -0.05) is 23.3 Å². The average molecular weight is 314 g/mol. The van der Waals surface area contributed by atoms with Gasteiger partial charge < -0.3 is 24.8 Å². The monoisotopic (exact) mass is 314 g/mol. The van der Waals surface area contributed by atoms with E-state index in [4.69, 9.17) is 14.6 Å². The molecule has 1 rings (SSSR count). The Hall–Kier alpha value is -1.05. The van der Waals surface area contributed by atoms with Gasteiger partial charge >= 0.3 is 0 Å². The van der Waals surface area contributed by atoms with E-state index in [0.717, 1.165) is 18.4 Å². The molecule has 1 heterocycles. The predicted octanol–water partition coefficient (Wildman–Crippen LogP) is 0.704. The van der Waals surface area contributed by atoms with Crippen molar-refractivity contribution in [3.05, 3.63) is 23.3 Å². The molecule has 0 aliphatic carbocycles. The van der Waals surface area contributed by atoms with Crippen LogP contribution in [0.2, 0.25) is 0 Å². The zero-order chi connectivity index (χ0) is 16.7. The zero-order valence-electron chi connectivity index (χ0n) is 13.4. The molecule has 3 N–H and O–H groups in total. The van der Waals surface area contributed by atoms with Crippen molar-refractivity contribution in [2.24, 2.45) is 0 Å². The fourth-order valence-corrected chi connectivity index (χ4v) is 2.06. The third-order valence-electron chi connectivity index (χ3n) is 3.47. The number of carbonyl (C=O) groups excluding carboxylic acids is 1. The van der Waals surface area contributed by atoms with E-state index in [1.807, 2.05) is 26.8 Å². The van der Waals surface area contributed by atoms with Crippen molar-refractivity contribution < 1.29 is 29.6 Å². The summed E-state index contributed by atoms with van der Waals surface area (Å²) in [4.78, 5) is 11.6. The highest BCUT2D eigenvalue weighted by atomic mass is 16.7. The van der Waals surface area contributed by atoms with Crippen molar-refractivity contribution in [1.82, 2.24) is 0 Å². The van der Waals surface area contributed by atoms with Gasteiger partial charge in [-0.15, -0.1) is 0 Å². The molecule has 0 aromatic heterocycles. The summed E-state index contributed by atoms with van der Waals surface area (Å²) >= 11 is 0. The van der Waals surface area contributed by atoms with Crippen molar-refractivity contribution in [2.45, 2.75) is 58.2 Å². The molecule has 1 aliphatic rings. The van der Waals surface area contributed by atoms with Gasteiger partial charge in [0.2, 0.25) is 0 Å². The fourth-order valence-electron chi connectivity index (χ4n) is 2.06. The van der Waals surface area contributed by atoms with Crippen molar-refractivity contribution >= 4 is 5.78 Å². The number of aliphatic hydroxyl groups excluding tert-OH is 3. The summed E-state index contributed by atoms with van der Waals surface area (Å²) in [6.45, 7) is 5.74. The lowest BCUT2D eigenvalue weighted by molar-refractivity contribution is -0.252. The van der Waals surface area contributed by atoms with E-state index >= 15 is 0 Å². The number of rotatable bonds is 7. The second kappa shape index (κ2) is 9.17. The number of Topliss-reactive ketones (excluding diaryl/α,β-unsaturated/α-hetero) is 1. The maximum atomic E-state index is 11.6. The molecule has 22 heavy (non-hydrogen) atoms. The van der Waals surface area contributed by atoms with Gasteiger partial charge in [0.05, 0.1) is 13.2 Å². The first-order chi connectivity index (χ1) is 10.4. The van der Waals surface area contributed by atoms with Gasteiger partial charge in [0.15, 0.2) is 18.2 Å². The molecule has 6 heteroatoms. The third kappa shape index (κ3) is 5.62. The van der Waals surface area contributed by atoms with Gasteiger partial charge in [-0.05, 0) is 33.6 Å². The molecule has 0 aromatic carbocycles. The molecule has 0 bridgehead atoms. The van der Waals surface area contributed by atoms with Crippen molar-refractivity contribution in [2.75, 3.05) is 13.2 Å². The van der Waals surface area contributed by atoms with Crippen LogP contribution in [-0.4, -0.2) is 58.9 Å². The van der Waals surface area contributed by atoms with Gasteiger partial charge in [0.25, 0.3) is 0 Å². The van der Waals surface area contributed by atoms with Crippen LogP contribution in [0.1, 0.15) is 33.6 Å². The lowest BCUT2D eigenvalue weighted by Crippen LogP contribution is -2.56. The standard InChI is InChI=1S/C16H26O6/c1-10(2)5-4-6-11(3)7-8-21-16-15(20)14(19)13(18)12(9-17)22-16/h5,7,12-13,15-18,20H,4,6,8-9H2,1-3H3/b11-7+/t12-,13?,15-,16-/m1/s1. The van der Waals surface area contributed by atoms with E-state index in [0.29, 0.717) is 0 Å². The quantitative estimate of drug-likeness (QED) is 0.599. The summed E-state index contributed by atoms with van der Waals surface area (Å²) in [7, 11) is 0. The molecule has 0 radical (unpaired) electrons. The van der Waals surface area contributed by atoms with E-state index in [1.165, 1.54) is 5.57 Å². The molecule has 0 saturated carbocycles. The lowest BCUT2D eigenvalue weighted by Gasteiger charge is -2.34. The van der Waals surface area contributed by atoms with Gasteiger partial charge in [-0.25, -0.2) is 0 Å². The Morgan fingerprint density at radius 1 is 1.23 bits per heavy atom.